The van der Waals surface area contributed by atoms with Crippen LogP contribution in [-0.2, 0) is 4.79 Å². The van der Waals surface area contributed by atoms with Gasteiger partial charge in [0, 0.05) is 10.9 Å². The van der Waals surface area contributed by atoms with Gasteiger partial charge in [-0.25, -0.2) is 0 Å². The molecule has 0 saturated heterocycles. The van der Waals surface area contributed by atoms with Crippen LogP contribution in [0.25, 0.3) is 0 Å². The molecule has 18 heavy (non-hydrogen) atoms. The summed E-state index contributed by atoms with van der Waals surface area (Å²) in [5.74, 6) is -1.07. The number of benzene rings is 1. The van der Waals surface area contributed by atoms with Crippen molar-refractivity contribution in [1.82, 2.24) is 5.32 Å². The number of carboxylic acids is 1. The van der Waals surface area contributed by atoms with Crippen molar-refractivity contribution in [3.63, 3.8) is 0 Å². The first-order chi connectivity index (χ1) is 8.41. The number of thioether (sulfide) groups is 1. The molecular formula is C13H17NO3S. The van der Waals surface area contributed by atoms with Gasteiger partial charge in [0.2, 0.25) is 0 Å². The molecule has 1 aromatic carbocycles. The Bertz CT molecular complexity index is 446. The van der Waals surface area contributed by atoms with E-state index in [0.717, 1.165) is 0 Å². The van der Waals surface area contributed by atoms with Gasteiger partial charge in [0.05, 0.1) is 5.56 Å². The van der Waals surface area contributed by atoms with Gasteiger partial charge in [-0.15, -0.1) is 11.8 Å². The molecule has 4 nitrogen and oxygen atoms in total. The molecule has 5 heteroatoms. The topological polar surface area (TPSA) is 66.4 Å². The van der Waals surface area contributed by atoms with Crippen LogP contribution in [0.15, 0.2) is 29.2 Å². The van der Waals surface area contributed by atoms with Crippen LogP contribution in [-0.4, -0.2) is 28.3 Å². The summed E-state index contributed by atoms with van der Waals surface area (Å²) in [5.41, 5.74) is 0.518. The van der Waals surface area contributed by atoms with Gasteiger partial charge in [0.25, 0.3) is 5.91 Å². The molecule has 1 amide bonds. The van der Waals surface area contributed by atoms with Gasteiger partial charge >= 0.3 is 5.97 Å². The summed E-state index contributed by atoms with van der Waals surface area (Å²) in [4.78, 5) is 23.5. The van der Waals surface area contributed by atoms with Crippen molar-refractivity contribution in [2.24, 2.45) is 0 Å². The standard InChI is InChI=1S/C13H17NO3S/c1-8(2)14-12(15)10-6-4-5-7-11(10)18-9(3)13(16)17/h4-9H,1-3H3,(H,14,15)(H,16,17). The van der Waals surface area contributed by atoms with Crippen LogP contribution in [0.1, 0.15) is 31.1 Å². The van der Waals surface area contributed by atoms with E-state index in [1.165, 1.54) is 11.8 Å². The lowest BCUT2D eigenvalue weighted by molar-refractivity contribution is -0.136. The number of carbonyl (C=O) groups is 2. The first-order valence-corrected chi connectivity index (χ1v) is 6.59. The summed E-state index contributed by atoms with van der Waals surface area (Å²) in [6.45, 7) is 5.37. The maximum absolute atomic E-state index is 12.0. The van der Waals surface area contributed by atoms with E-state index in [-0.39, 0.29) is 11.9 Å². The molecule has 0 bridgehead atoms. The molecule has 0 aliphatic rings. The Labute approximate surface area is 111 Å². The third-order valence-corrected chi connectivity index (χ3v) is 3.37. The minimum atomic E-state index is -0.890. The molecule has 1 rings (SSSR count). The van der Waals surface area contributed by atoms with Gasteiger partial charge in [-0.1, -0.05) is 12.1 Å². The minimum absolute atomic E-state index is 0.0486. The van der Waals surface area contributed by atoms with Gasteiger partial charge in [-0.3, -0.25) is 9.59 Å². The van der Waals surface area contributed by atoms with Crippen LogP contribution < -0.4 is 5.32 Å². The van der Waals surface area contributed by atoms with Crippen molar-refractivity contribution in [2.75, 3.05) is 0 Å². The summed E-state index contributed by atoms with van der Waals surface area (Å²) >= 11 is 1.17. The highest BCUT2D eigenvalue weighted by molar-refractivity contribution is 8.00. The number of aliphatic carboxylic acids is 1. The molecule has 1 atom stereocenters. The molecule has 1 aromatic rings. The number of hydrogen-bond donors (Lipinski definition) is 2. The van der Waals surface area contributed by atoms with Crippen molar-refractivity contribution >= 4 is 23.6 Å². The van der Waals surface area contributed by atoms with Crippen LogP contribution >= 0.6 is 11.8 Å². The number of rotatable bonds is 5. The number of hydrogen-bond acceptors (Lipinski definition) is 3. The maximum atomic E-state index is 12.0. The fraction of sp³-hybridized carbons (Fsp3) is 0.385. The van der Waals surface area contributed by atoms with E-state index < -0.39 is 11.2 Å². The second-order valence-electron chi connectivity index (χ2n) is 4.22. The van der Waals surface area contributed by atoms with Gasteiger partial charge in [0.1, 0.15) is 5.25 Å². The summed E-state index contributed by atoms with van der Waals surface area (Å²) in [6.07, 6.45) is 0. The van der Waals surface area contributed by atoms with Crippen LogP contribution in [0.2, 0.25) is 0 Å². The van der Waals surface area contributed by atoms with Crippen LogP contribution in [0.4, 0.5) is 0 Å². The van der Waals surface area contributed by atoms with Crippen molar-refractivity contribution in [1.29, 1.82) is 0 Å². The number of carboxylic acid groups (broad SMARTS) is 1. The molecule has 0 fully saturated rings. The summed E-state index contributed by atoms with van der Waals surface area (Å²) in [6, 6.07) is 7.08. The zero-order valence-corrected chi connectivity index (χ0v) is 11.5. The lowest BCUT2D eigenvalue weighted by Crippen LogP contribution is -2.30. The number of carbonyl (C=O) groups excluding carboxylic acids is 1. The SMILES string of the molecule is CC(C)NC(=O)c1ccccc1SC(C)C(=O)O. The van der Waals surface area contributed by atoms with Crippen LogP contribution in [0, 0.1) is 0 Å². The quantitative estimate of drug-likeness (QED) is 0.804. The minimum Gasteiger partial charge on any atom is -0.480 e. The fourth-order valence-electron chi connectivity index (χ4n) is 1.34. The van der Waals surface area contributed by atoms with E-state index in [1.807, 2.05) is 13.8 Å². The Kier molecular flexibility index (Phi) is 5.22. The van der Waals surface area contributed by atoms with E-state index in [2.05, 4.69) is 5.32 Å². The second-order valence-corrected chi connectivity index (χ2v) is 5.61. The average Bonchev–Trinajstić information content (AvgIpc) is 2.28. The van der Waals surface area contributed by atoms with E-state index in [9.17, 15) is 9.59 Å². The molecule has 0 heterocycles. The largest absolute Gasteiger partial charge is 0.480 e. The van der Waals surface area contributed by atoms with Crippen molar-refractivity contribution < 1.29 is 14.7 Å². The maximum Gasteiger partial charge on any atom is 0.316 e. The molecule has 1 unspecified atom stereocenters. The second kappa shape index (κ2) is 6.44. The molecule has 2 N–H and O–H groups in total. The summed E-state index contributed by atoms with van der Waals surface area (Å²) in [7, 11) is 0. The molecule has 0 radical (unpaired) electrons. The summed E-state index contributed by atoms with van der Waals surface area (Å²) in [5, 5.41) is 11.1. The van der Waals surface area contributed by atoms with Crippen molar-refractivity contribution in [3.05, 3.63) is 29.8 Å². The van der Waals surface area contributed by atoms with E-state index in [4.69, 9.17) is 5.11 Å². The van der Waals surface area contributed by atoms with E-state index >= 15 is 0 Å². The first-order valence-electron chi connectivity index (χ1n) is 5.71. The van der Waals surface area contributed by atoms with Gasteiger partial charge in [-0.05, 0) is 32.9 Å². The monoisotopic (exact) mass is 267 g/mol. The normalized spacial score (nSPS) is 12.2. The van der Waals surface area contributed by atoms with Crippen molar-refractivity contribution in [2.45, 2.75) is 37.0 Å². The Morgan fingerprint density at radius 1 is 1.22 bits per heavy atom. The highest BCUT2D eigenvalue weighted by atomic mass is 32.2. The Balaban J connectivity index is 2.92. The Hall–Kier alpha value is -1.49. The lowest BCUT2D eigenvalue weighted by atomic mass is 10.2. The Morgan fingerprint density at radius 3 is 2.39 bits per heavy atom. The molecule has 0 saturated carbocycles. The average molecular weight is 267 g/mol. The zero-order chi connectivity index (χ0) is 13.7. The first kappa shape index (κ1) is 14.6. The molecule has 0 aliphatic heterocycles. The van der Waals surface area contributed by atoms with Gasteiger partial charge in [0.15, 0.2) is 0 Å². The van der Waals surface area contributed by atoms with Gasteiger partial charge in [-0.2, -0.15) is 0 Å². The predicted octanol–water partition coefficient (Wildman–Crippen LogP) is 2.39. The number of amides is 1. The van der Waals surface area contributed by atoms with Gasteiger partial charge < -0.3 is 10.4 Å². The van der Waals surface area contributed by atoms with Crippen molar-refractivity contribution in [3.8, 4) is 0 Å². The molecular weight excluding hydrogens is 250 g/mol. The lowest BCUT2D eigenvalue weighted by Gasteiger charge is -2.13. The highest BCUT2D eigenvalue weighted by Gasteiger charge is 2.17. The smallest absolute Gasteiger partial charge is 0.316 e. The van der Waals surface area contributed by atoms with Crippen LogP contribution in [0.5, 0.6) is 0 Å². The fourth-order valence-corrected chi connectivity index (χ4v) is 2.26. The zero-order valence-electron chi connectivity index (χ0n) is 10.6. The number of nitrogens with one attached hydrogen (secondary N) is 1. The summed E-state index contributed by atoms with van der Waals surface area (Å²) < 4.78 is 0. The molecule has 0 spiro atoms. The van der Waals surface area contributed by atoms with E-state index in [0.29, 0.717) is 10.5 Å². The molecule has 0 aliphatic carbocycles. The predicted molar refractivity (Wildman–Crippen MR) is 72.0 cm³/mol. The molecule has 0 aromatic heterocycles. The third kappa shape index (κ3) is 4.07. The Morgan fingerprint density at radius 2 is 1.83 bits per heavy atom. The molecule has 98 valence electrons. The third-order valence-electron chi connectivity index (χ3n) is 2.20. The van der Waals surface area contributed by atoms with Crippen LogP contribution in [0.3, 0.4) is 0 Å². The highest BCUT2D eigenvalue weighted by Crippen LogP contribution is 2.26. The van der Waals surface area contributed by atoms with E-state index in [1.54, 1.807) is 31.2 Å².